The number of nitrogens with two attached hydrogens (primary N) is 1. The predicted octanol–water partition coefficient (Wildman–Crippen LogP) is 0.921. The van der Waals surface area contributed by atoms with E-state index in [1.807, 2.05) is 0 Å². The topological polar surface area (TPSA) is 44.5 Å². The van der Waals surface area contributed by atoms with E-state index in [1.54, 1.807) is 0 Å². The van der Waals surface area contributed by atoms with Gasteiger partial charge in [0.15, 0.2) is 0 Å². The van der Waals surface area contributed by atoms with Crippen LogP contribution in [0.5, 0.6) is 0 Å². The Morgan fingerprint density at radius 3 is 2.92 bits per heavy atom. The van der Waals surface area contributed by atoms with E-state index >= 15 is 0 Å². The molecule has 76 valence electrons. The monoisotopic (exact) mass is 185 g/mol. The first kappa shape index (κ1) is 9.44. The Hall–Kier alpha value is -0.120. The maximum Gasteiger partial charge on any atom is 0.0668 e. The Labute approximate surface area is 79.6 Å². The predicted molar refractivity (Wildman–Crippen MR) is 50.5 cm³/mol. The fourth-order valence-electron chi connectivity index (χ4n) is 1.70. The second-order valence-electron chi connectivity index (χ2n) is 4.48. The van der Waals surface area contributed by atoms with Crippen molar-refractivity contribution in [1.29, 1.82) is 0 Å². The van der Waals surface area contributed by atoms with Gasteiger partial charge in [-0.2, -0.15) is 0 Å². The average molecular weight is 185 g/mol. The molecule has 13 heavy (non-hydrogen) atoms. The van der Waals surface area contributed by atoms with Crippen molar-refractivity contribution in [3.05, 3.63) is 0 Å². The summed E-state index contributed by atoms with van der Waals surface area (Å²) in [6.07, 6.45) is 4.79. The van der Waals surface area contributed by atoms with Crippen molar-refractivity contribution in [2.24, 2.45) is 11.7 Å². The van der Waals surface area contributed by atoms with Gasteiger partial charge in [-0.25, -0.2) is 0 Å². The van der Waals surface area contributed by atoms with Crippen LogP contribution in [0.2, 0.25) is 0 Å². The molecule has 1 unspecified atom stereocenters. The van der Waals surface area contributed by atoms with E-state index in [2.05, 4.69) is 0 Å². The molecule has 3 nitrogen and oxygen atoms in total. The molecular weight excluding hydrogens is 166 g/mol. The second-order valence-corrected chi connectivity index (χ2v) is 4.48. The fourth-order valence-corrected chi connectivity index (χ4v) is 1.70. The van der Waals surface area contributed by atoms with Gasteiger partial charge in [-0.3, -0.25) is 0 Å². The summed E-state index contributed by atoms with van der Waals surface area (Å²) in [6, 6.07) is 0. The van der Waals surface area contributed by atoms with Crippen LogP contribution in [-0.4, -0.2) is 32.0 Å². The lowest BCUT2D eigenvalue weighted by atomic mass is 9.95. The summed E-state index contributed by atoms with van der Waals surface area (Å²) >= 11 is 0. The van der Waals surface area contributed by atoms with Gasteiger partial charge in [0.1, 0.15) is 0 Å². The van der Waals surface area contributed by atoms with Gasteiger partial charge in [0, 0.05) is 13.2 Å². The highest BCUT2D eigenvalue weighted by Gasteiger charge is 2.29. The molecule has 0 aromatic carbocycles. The van der Waals surface area contributed by atoms with E-state index in [0.29, 0.717) is 13.2 Å². The first-order valence-electron chi connectivity index (χ1n) is 5.23. The summed E-state index contributed by atoms with van der Waals surface area (Å²) < 4.78 is 10.9. The van der Waals surface area contributed by atoms with E-state index in [-0.39, 0.29) is 5.54 Å². The molecule has 1 saturated carbocycles. The molecule has 0 aromatic heterocycles. The van der Waals surface area contributed by atoms with Gasteiger partial charge in [-0.1, -0.05) is 0 Å². The Bertz CT molecular complexity index is 162. The Kier molecular flexibility index (Phi) is 2.86. The highest BCUT2D eigenvalue weighted by atomic mass is 16.5. The molecule has 2 aliphatic rings. The van der Waals surface area contributed by atoms with Crippen LogP contribution in [0.4, 0.5) is 0 Å². The minimum absolute atomic E-state index is 0.201. The van der Waals surface area contributed by atoms with E-state index in [4.69, 9.17) is 15.2 Å². The highest BCUT2D eigenvalue weighted by Crippen LogP contribution is 2.29. The van der Waals surface area contributed by atoms with Crippen molar-refractivity contribution in [1.82, 2.24) is 0 Å². The number of hydrogen-bond donors (Lipinski definition) is 1. The molecule has 2 fully saturated rings. The van der Waals surface area contributed by atoms with Crippen LogP contribution in [0, 0.1) is 5.92 Å². The third-order valence-electron chi connectivity index (χ3n) is 2.79. The fraction of sp³-hybridized carbons (Fsp3) is 1.00. The zero-order chi connectivity index (χ0) is 9.15. The highest BCUT2D eigenvalue weighted by molar-refractivity contribution is 4.86. The largest absolute Gasteiger partial charge is 0.379 e. The molecule has 0 spiro atoms. The standard InChI is InChI=1S/C10H19NO2/c11-10(4-1-5-12-7-10)8-13-6-9-2-3-9/h9H,1-8,11H2. The molecule has 1 saturated heterocycles. The van der Waals surface area contributed by atoms with Gasteiger partial charge < -0.3 is 15.2 Å². The van der Waals surface area contributed by atoms with E-state index in [1.165, 1.54) is 12.8 Å². The molecule has 0 radical (unpaired) electrons. The molecule has 1 atom stereocenters. The van der Waals surface area contributed by atoms with E-state index < -0.39 is 0 Å². The number of hydrogen-bond acceptors (Lipinski definition) is 3. The molecule has 0 aromatic rings. The first-order valence-corrected chi connectivity index (χ1v) is 5.23. The Morgan fingerprint density at radius 1 is 1.46 bits per heavy atom. The lowest BCUT2D eigenvalue weighted by molar-refractivity contribution is -0.0136. The van der Waals surface area contributed by atoms with Gasteiger partial charge in [-0.05, 0) is 31.6 Å². The van der Waals surface area contributed by atoms with Crippen molar-refractivity contribution in [2.45, 2.75) is 31.2 Å². The lowest BCUT2D eigenvalue weighted by Crippen LogP contribution is -2.51. The summed E-state index contributed by atoms with van der Waals surface area (Å²) in [6.45, 7) is 3.10. The maximum absolute atomic E-state index is 6.12. The summed E-state index contributed by atoms with van der Waals surface area (Å²) in [5.41, 5.74) is 5.91. The van der Waals surface area contributed by atoms with Crippen molar-refractivity contribution in [2.75, 3.05) is 26.4 Å². The smallest absolute Gasteiger partial charge is 0.0668 e. The van der Waals surface area contributed by atoms with Crippen LogP contribution >= 0.6 is 0 Å². The van der Waals surface area contributed by atoms with Crippen LogP contribution in [0.1, 0.15) is 25.7 Å². The summed E-state index contributed by atoms with van der Waals surface area (Å²) in [5.74, 6) is 0.827. The molecule has 1 heterocycles. The molecule has 2 N–H and O–H groups in total. The molecule has 1 aliphatic carbocycles. The zero-order valence-electron chi connectivity index (χ0n) is 8.13. The maximum atomic E-state index is 6.12. The Morgan fingerprint density at radius 2 is 2.31 bits per heavy atom. The van der Waals surface area contributed by atoms with Crippen molar-refractivity contribution >= 4 is 0 Å². The van der Waals surface area contributed by atoms with Crippen molar-refractivity contribution in [3.8, 4) is 0 Å². The minimum atomic E-state index is -0.201. The normalized spacial score (nSPS) is 34.8. The van der Waals surface area contributed by atoms with Gasteiger partial charge in [0.2, 0.25) is 0 Å². The van der Waals surface area contributed by atoms with Gasteiger partial charge in [0.05, 0.1) is 18.8 Å². The lowest BCUT2D eigenvalue weighted by Gasteiger charge is -2.32. The first-order chi connectivity index (χ1) is 6.29. The van der Waals surface area contributed by atoms with Crippen LogP contribution < -0.4 is 5.73 Å². The SMILES string of the molecule is NC1(COCC2CC2)CCCOC1. The van der Waals surface area contributed by atoms with E-state index in [0.717, 1.165) is 32.0 Å². The summed E-state index contributed by atoms with van der Waals surface area (Å²) in [4.78, 5) is 0. The molecular formula is C10H19NO2. The van der Waals surface area contributed by atoms with Gasteiger partial charge >= 0.3 is 0 Å². The third-order valence-corrected chi connectivity index (χ3v) is 2.79. The van der Waals surface area contributed by atoms with Crippen molar-refractivity contribution in [3.63, 3.8) is 0 Å². The third kappa shape index (κ3) is 2.93. The minimum Gasteiger partial charge on any atom is -0.379 e. The zero-order valence-corrected chi connectivity index (χ0v) is 8.13. The van der Waals surface area contributed by atoms with Crippen LogP contribution in [0.25, 0.3) is 0 Å². The molecule has 0 amide bonds. The average Bonchev–Trinajstić information content (AvgIpc) is 2.89. The van der Waals surface area contributed by atoms with Crippen LogP contribution in [0.15, 0.2) is 0 Å². The van der Waals surface area contributed by atoms with Crippen LogP contribution in [0.3, 0.4) is 0 Å². The van der Waals surface area contributed by atoms with E-state index in [9.17, 15) is 0 Å². The number of rotatable bonds is 4. The van der Waals surface area contributed by atoms with Crippen molar-refractivity contribution < 1.29 is 9.47 Å². The summed E-state index contributed by atoms with van der Waals surface area (Å²) in [7, 11) is 0. The summed E-state index contributed by atoms with van der Waals surface area (Å²) in [5, 5.41) is 0. The quantitative estimate of drug-likeness (QED) is 0.708. The second kappa shape index (κ2) is 3.95. The molecule has 0 bridgehead atoms. The molecule has 3 heteroatoms. The van der Waals surface area contributed by atoms with Crippen LogP contribution in [-0.2, 0) is 9.47 Å². The number of ether oxygens (including phenoxy) is 2. The van der Waals surface area contributed by atoms with Gasteiger partial charge in [0.25, 0.3) is 0 Å². The Balaban J connectivity index is 1.64. The van der Waals surface area contributed by atoms with Gasteiger partial charge in [-0.15, -0.1) is 0 Å². The molecule has 1 aliphatic heterocycles. The molecule has 2 rings (SSSR count).